The largest absolute Gasteiger partial charge is 0.480 e. The Hall–Kier alpha value is -0.610. The smallest absolute Gasteiger partial charge is 0.323 e. The van der Waals surface area contributed by atoms with Crippen LogP contribution in [0.1, 0.15) is 6.42 Å². The number of aliphatic carboxylic acids is 1. The summed E-state index contributed by atoms with van der Waals surface area (Å²) in [6.45, 7) is 0.732. The van der Waals surface area contributed by atoms with E-state index in [1.165, 1.54) is 7.11 Å². The van der Waals surface area contributed by atoms with Gasteiger partial charge in [0.15, 0.2) is 0 Å². The molecule has 0 aliphatic carbocycles. The van der Waals surface area contributed by atoms with Crippen LogP contribution in [-0.4, -0.2) is 36.9 Å². The van der Waals surface area contributed by atoms with Gasteiger partial charge in [0.2, 0.25) is 0 Å². The number of carboxylic acids is 1. The number of methoxy groups -OCH3 is 1. The lowest BCUT2D eigenvalue weighted by atomic mass is 10.2. The molecule has 0 amide bonds. The molecule has 1 rings (SSSR count). The van der Waals surface area contributed by atoms with Crippen molar-refractivity contribution in [3.63, 3.8) is 0 Å². The van der Waals surface area contributed by atoms with Gasteiger partial charge in [-0.05, 0) is 13.0 Å². The van der Waals surface area contributed by atoms with Crippen LogP contribution in [0.4, 0.5) is 0 Å². The first kappa shape index (κ1) is 7.50. The zero-order valence-electron chi connectivity index (χ0n) is 5.83. The molecule has 0 aromatic rings. The first-order valence-corrected chi connectivity index (χ1v) is 3.24. The van der Waals surface area contributed by atoms with Gasteiger partial charge in [-0.3, -0.25) is 4.79 Å². The van der Waals surface area contributed by atoms with E-state index in [2.05, 4.69) is 5.32 Å². The van der Waals surface area contributed by atoms with Crippen molar-refractivity contribution in [1.29, 1.82) is 0 Å². The standard InChI is InChI=1S/C6H11NO3/c1-10-4-2-3-7-5(4)6(8)9/h4-5,7H,2-3H2,1H3,(H,8,9)/t4-,5+/m1/s1. The van der Waals surface area contributed by atoms with Crippen molar-refractivity contribution in [2.24, 2.45) is 0 Å². The van der Waals surface area contributed by atoms with Gasteiger partial charge in [-0.25, -0.2) is 0 Å². The molecule has 1 saturated heterocycles. The molecule has 0 spiro atoms. The summed E-state index contributed by atoms with van der Waals surface area (Å²) < 4.78 is 4.94. The molecule has 0 aromatic heterocycles. The second-order valence-electron chi connectivity index (χ2n) is 2.33. The minimum Gasteiger partial charge on any atom is -0.480 e. The molecule has 4 nitrogen and oxygen atoms in total. The van der Waals surface area contributed by atoms with Crippen LogP contribution >= 0.6 is 0 Å². The quantitative estimate of drug-likeness (QED) is 0.547. The van der Waals surface area contributed by atoms with Gasteiger partial charge in [0, 0.05) is 7.11 Å². The van der Waals surface area contributed by atoms with Crippen molar-refractivity contribution in [2.75, 3.05) is 13.7 Å². The van der Waals surface area contributed by atoms with E-state index in [-0.39, 0.29) is 6.10 Å². The number of carbonyl (C=O) groups is 1. The number of rotatable bonds is 2. The minimum absolute atomic E-state index is 0.155. The van der Waals surface area contributed by atoms with Crippen LogP contribution in [-0.2, 0) is 9.53 Å². The molecule has 2 N–H and O–H groups in total. The van der Waals surface area contributed by atoms with Crippen molar-refractivity contribution in [2.45, 2.75) is 18.6 Å². The lowest BCUT2D eigenvalue weighted by molar-refractivity contribution is -0.141. The second kappa shape index (κ2) is 2.98. The summed E-state index contributed by atoms with van der Waals surface area (Å²) in [5.74, 6) is -0.829. The predicted molar refractivity (Wildman–Crippen MR) is 34.8 cm³/mol. The molecule has 0 bridgehead atoms. The Kier molecular flexibility index (Phi) is 2.24. The number of hydrogen-bond donors (Lipinski definition) is 2. The zero-order valence-corrected chi connectivity index (χ0v) is 5.83. The first-order valence-electron chi connectivity index (χ1n) is 3.24. The average molecular weight is 145 g/mol. The Morgan fingerprint density at radius 1 is 1.80 bits per heavy atom. The van der Waals surface area contributed by atoms with Gasteiger partial charge in [0.25, 0.3) is 0 Å². The molecule has 0 unspecified atom stereocenters. The summed E-state index contributed by atoms with van der Waals surface area (Å²) in [6, 6.07) is -0.509. The maximum atomic E-state index is 10.4. The number of carboxylic acid groups (broad SMARTS) is 1. The lowest BCUT2D eigenvalue weighted by Gasteiger charge is -2.12. The van der Waals surface area contributed by atoms with Gasteiger partial charge < -0.3 is 15.2 Å². The minimum atomic E-state index is -0.829. The van der Waals surface area contributed by atoms with Gasteiger partial charge in [-0.15, -0.1) is 0 Å². The molecule has 1 heterocycles. The SMILES string of the molecule is CO[C@@H]1CCN[C@@H]1C(=O)O. The number of hydrogen-bond acceptors (Lipinski definition) is 3. The molecular weight excluding hydrogens is 134 g/mol. The molecular formula is C6H11NO3. The monoisotopic (exact) mass is 145 g/mol. The number of nitrogens with one attached hydrogen (secondary N) is 1. The van der Waals surface area contributed by atoms with Crippen molar-refractivity contribution >= 4 is 5.97 Å². The summed E-state index contributed by atoms with van der Waals surface area (Å²) in [6.07, 6.45) is 0.630. The Morgan fingerprint density at radius 3 is 2.90 bits per heavy atom. The zero-order chi connectivity index (χ0) is 7.56. The van der Waals surface area contributed by atoms with Crippen molar-refractivity contribution in [3.05, 3.63) is 0 Å². The van der Waals surface area contributed by atoms with Crippen molar-refractivity contribution in [1.82, 2.24) is 5.32 Å². The summed E-state index contributed by atoms with van der Waals surface area (Å²) in [5.41, 5.74) is 0. The third-order valence-corrected chi connectivity index (χ3v) is 1.73. The van der Waals surface area contributed by atoms with Gasteiger partial charge >= 0.3 is 5.97 Å². The van der Waals surface area contributed by atoms with Crippen LogP contribution in [0.5, 0.6) is 0 Å². The fraction of sp³-hybridized carbons (Fsp3) is 0.833. The Labute approximate surface area is 59.2 Å². The third-order valence-electron chi connectivity index (χ3n) is 1.73. The summed E-state index contributed by atoms with van der Waals surface area (Å²) in [4.78, 5) is 10.4. The van der Waals surface area contributed by atoms with Crippen LogP contribution < -0.4 is 5.32 Å². The summed E-state index contributed by atoms with van der Waals surface area (Å²) in [7, 11) is 1.54. The van der Waals surface area contributed by atoms with Crippen LogP contribution in [0.25, 0.3) is 0 Å². The highest BCUT2D eigenvalue weighted by Gasteiger charge is 2.32. The van der Waals surface area contributed by atoms with Crippen molar-refractivity contribution in [3.8, 4) is 0 Å². The fourth-order valence-corrected chi connectivity index (χ4v) is 1.18. The average Bonchev–Trinajstić information content (AvgIpc) is 2.33. The Morgan fingerprint density at radius 2 is 2.50 bits per heavy atom. The van der Waals surface area contributed by atoms with Crippen molar-refractivity contribution < 1.29 is 14.6 Å². The molecule has 0 saturated carbocycles. The van der Waals surface area contributed by atoms with Gasteiger partial charge in [-0.1, -0.05) is 0 Å². The highest BCUT2D eigenvalue weighted by Crippen LogP contribution is 2.09. The summed E-state index contributed by atoms with van der Waals surface area (Å²) >= 11 is 0. The molecule has 58 valence electrons. The van der Waals surface area contributed by atoms with E-state index in [4.69, 9.17) is 9.84 Å². The van der Waals surface area contributed by atoms with Crippen LogP contribution in [0.2, 0.25) is 0 Å². The highest BCUT2D eigenvalue weighted by atomic mass is 16.5. The summed E-state index contributed by atoms with van der Waals surface area (Å²) in [5, 5.41) is 11.4. The van der Waals surface area contributed by atoms with E-state index in [0.717, 1.165) is 13.0 Å². The molecule has 4 heteroatoms. The first-order chi connectivity index (χ1) is 4.75. The molecule has 1 aliphatic rings. The Balaban J connectivity index is 2.50. The van der Waals surface area contributed by atoms with E-state index in [0.29, 0.717) is 0 Å². The van der Waals surface area contributed by atoms with Crippen LogP contribution in [0.3, 0.4) is 0 Å². The van der Waals surface area contributed by atoms with E-state index in [1.54, 1.807) is 0 Å². The van der Waals surface area contributed by atoms with E-state index in [9.17, 15) is 4.79 Å². The highest BCUT2D eigenvalue weighted by molar-refractivity contribution is 5.74. The molecule has 1 fully saturated rings. The molecule has 10 heavy (non-hydrogen) atoms. The Bertz CT molecular complexity index is 137. The van der Waals surface area contributed by atoms with E-state index in [1.807, 2.05) is 0 Å². The van der Waals surface area contributed by atoms with E-state index >= 15 is 0 Å². The van der Waals surface area contributed by atoms with E-state index < -0.39 is 12.0 Å². The molecule has 1 aliphatic heterocycles. The van der Waals surface area contributed by atoms with Crippen LogP contribution in [0.15, 0.2) is 0 Å². The number of ether oxygens (including phenoxy) is 1. The van der Waals surface area contributed by atoms with Gasteiger partial charge in [0.05, 0.1) is 6.10 Å². The topological polar surface area (TPSA) is 58.6 Å². The molecule has 0 aromatic carbocycles. The van der Waals surface area contributed by atoms with Gasteiger partial charge in [0.1, 0.15) is 6.04 Å². The fourth-order valence-electron chi connectivity index (χ4n) is 1.18. The predicted octanol–water partition coefficient (Wildman–Crippen LogP) is -0.552. The third kappa shape index (κ3) is 1.27. The lowest BCUT2D eigenvalue weighted by Crippen LogP contribution is -2.39. The normalized spacial score (nSPS) is 32.5. The maximum absolute atomic E-state index is 10.4. The molecule has 0 radical (unpaired) electrons. The van der Waals surface area contributed by atoms with Gasteiger partial charge in [-0.2, -0.15) is 0 Å². The molecule has 2 atom stereocenters. The van der Waals surface area contributed by atoms with Crippen LogP contribution in [0, 0.1) is 0 Å². The second-order valence-corrected chi connectivity index (χ2v) is 2.33. The maximum Gasteiger partial charge on any atom is 0.323 e.